The van der Waals surface area contributed by atoms with E-state index in [0.717, 1.165) is 11.1 Å². The summed E-state index contributed by atoms with van der Waals surface area (Å²) in [4.78, 5) is 34.3. The van der Waals surface area contributed by atoms with Gasteiger partial charge in [0.25, 0.3) is 0 Å². The Morgan fingerprint density at radius 2 is 1.86 bits per heavy atom. The molecule has 0 N–H and O–H groups in total. The third kappa shape index (κ3) is 3.71. The third-order valence-corrected chi connectivity index (χ3v) is 4.41. The van der Waals surface area contributed by atoms with E-state index in [2.05, 4.69) is 4.74 Å². The fraction of sp³-hybridized carbons (Fsp3) is 0.200. The van der Waals surface area contributed by atoms with Crippen molar-refractivity contribution in [3.05, 3.63) is 79.2 Å². The molecule has 0 aliphatic heterocycles. The van der Waals surface area contributed by atoms with Crippen molar-refractivity contribution in [1.82, 2.24) is 0 Å². The number of nitrogens with zero attached hydrogens (tertiary/aromatic N) is 1. The fourth-order valence-electron chi connectivity index (χ4n) is 2.78. The number of methoxy groups -OCH3 is 1. The Hall–Kier alpha value is -3.68. The van der Waals surface area contributed by atoms with Gasteiger partial charge in [-0.25, -0.2) is 9.59 Å². The first-order chi connectivity index (χ1) is 13.3. The lowest BCUT2D eigenvalue weighted by Gasteiger charge is -2.11. The van der Waals surface area contributed by atoms with Crippen LogP contribution < -0.4 is 10.4 Å². The van der Waals surface area contributed by atoms with Crippen molar-refractivity contribution in [2.24, 2.45) is 0 Å². The summed E-state index contributed by atoms with van der Waals surface area (Å²) in [6, 6.07) is 8.61. The average molecular weight is 383 g/mol. The standard InChI is InChI=1S/C20H17NO7/c1-11-6-15-14(9-19(22)28-17(15)7-12(11)2)10-27-18-8-13(20(23)26-3)4-5-16(18)21(24)25/h4-9H,10H2,1-3H3. The van der Waals surface area contributed by atoms with Crippen LogP contribution in [0.15, 0.2) is 45.6 Å². The van der Waals surface area contributed by atoms with Gasteiger partial charge >= 0.3 is 17.3 Å². The van der Waals surface area contributed by atoms with Crippen LogP contribution in [0.3, 0.4) is 0 Å². The molecule has 1 aromatic heterocycles. The first-order valence-corrected chi connectivity index (χ1v) is 8.33. The van der Waals surface area contributed by atoms with Gasteiger partial charge in [-0.2, -0.15) is 0 Å². The van der Waals surface area contributed by atoms with Crippen molar-refractivity contribution in [2.45, 2.75) is 20.5 Å². The summed E-state index contributed by atoms with van der Waals surface area (Å²) in [7, 11) is 1.21. The molecule has 0 saturated carbocycles. The smallest absolute Gasteiger partial charge is 0.337 e. The Labute approximate surface area is 159 Å². The van der Waals surface area contributed by atoms with Gasteiger partial charge in [0, 0.05) is 29.1 Å². The van der Waals surface area contributed by atoms with Crippen molar-refractivity contribution >= 4 is 22.6 Å². The van der Waals surface area contributed by atoms with Crippen LogP contribution in [0.2, 0.25) is 0 Å². The number of nitro groups is 1. The lowest BCUT2D eigenvalue weighted by atomic mass is 10.0. The number of hydrogen-bond donors (Lipinski definition) is 0. The molecule has 28 heavy (non-hydrogen) atoms. The van der Waals surface area contributed by atoms with Gasteiger partial charge in [-0.05, 0) is 43.2 Å². The van der Waals surface area contributed by atoms with E-state index in [4.69, 9.17) is 9.15 Å². The molecule has 2 aromatic carbocycles. The van der Waals surface area contributed by atoms with Crippen LogP contribution in [0.25, 0.3) is 11.0 Å². The average Bonchev–Trinajstić information content (AvgIpc) is 2.66. The summed E-state index contributed by atoms with van der Waals surface area (Å²) in [5.41, 5.74) is 2.17. The van der Waals surface area contributed by atoms with E-state index in [0.29, 0.717) is 16.5 Å². The molecule has 0 aliphatic carbocycles. The molecule has 8 heteroatoms. The zero-order valence-electron chi connectivity index (χ0n) is 15.5. The van der Waals surface area contributed by atoms with Gasteiger partial charge in [-0.15, -0.1) is 0 Å². The largest absolute Gasteiger partial charge is 0.482 e. The van der Waals surface area contributed by atoms with E-state index >= 15 is 0 Å². The number of aryl methyl sites for hydroxylation is 2. The molecule has 1 heterocycles. The van der Waals surface area contributed by atoms with Gasteiger partial charge in [-0.3, -0.25) is 10.1 Å². The van der Waals surface area contributed by atoms with Crippen molar-refractivity contribution in [1.29, 1.82) is 0 Å². The highest BCUT2D eigenvalue weighted by molar-refractivity contribution is 5.90. The number of esters is 1. The Kier molecular flexibility index (Phi) is 5.12. The summed E-state index contributed by atoms with van der Waals surface area (Å²) in [6.45, 7) is 3.71. The van der Waals surface area contributed by atoms with E-state index < -0.39 is 16.5 Å². The number of fused-ring (bicyclic) bond motifs is 1. The molecule has 8 nitrogen and oxygen atoms in total. The van der Waals surface area contributed by atoms with Crippen molar-refractivity contribution < 1.29 is 23.6 Å². The zero-order valence-corrected chi connectivity index (χ0v) is 15.5. The second-order valence-electron chi connectivity index (χ2n) is 6.24. The molecule has 3 aromatic rings. The van der Waals surface area contributed by atoms with Crippen molar-refractivity contribution in [3.8, 4) is 5.75 Å². The number of rotatable bonds is 5. The van der Waals surface area contributed by atoms with Gasteiger partial charge in [0.1, 0.15) is 12.2 Å². The predicted octanol–water partition coefficient (Wildman–Crippen LogP) is 3.68. The van der Waals surface area contributed by atoms with Crippen molar-refractivity contribution in [2.75, 3.05) is 7.11 Å². The van der Waals surface area contributed by atoms with Crippen LogP contribution in [-0.4, -0.2) is 18.0 Å². The van der Waals surface area contributed by atoms with Crippen LogP contribution in [0.1, 0.15) is 27.0 Å². The SMILES string of the molecule is COC(=O)c1ccc([N+](=O)[O-])c(OCc2cc(=O)oc3cc(C)c(C)cc23)c1. The molecule has 0 atom stereocenters. The molecular formula is C20H17NO7. The van der Waals surface area contributed by atoms with Crippen LogP contribution in [0, 0.1) is 24.0 Å². The Bertz CT molecular complexity index is 1150. The third-order valence-electron chi connectivity index (χ3n) is 4.41. The molecule has 0 bridgehead atoms. The first-order valence-electron chi connectivity index (χ1n) is 8.33. The lowest BCUT2D eigenvalue weighted by molar-refractivity contribution is -0.385. The molecule has 0 radical (unpaired) electrons. The maximum atomic E-state index is 11.9. The summed E-state index contributed by atoms with van der Waals surface area (Å²) in [6.07, 6.45) is 0. The number of carbonyl (C=O) groups excluding carboxylic acids is 1. The molecule has 0 spiro atoms. The van der Waals surface area contributed by atoms with Crippen LogP contribution in [0.5, 0.6) is 5.75 Å². The van der Waals surface area contributed by atoms with Gasteiger partial charge in [-0.1, -0.05) is 0 Å². The van der Waals surface area contributed by atoms with E-state index in [1.54, 1.807) is 6.07 Å². The van der Waals surface area contributed by atoms with Gasteiger partial charge in [0.15, 0.2) is 5.75 Å². The summed E-state index contributed by atoms with van der Waals surface area (Å²) in [5, 5.41) is 12.0. The first kappa shape index (κ1) is 19.1. The van der Waals surface area contributed by atoms with Crippen LogP contribution in [-0.2, 0) is 11.3 Å². The number of nitro benzene ring substituents is 1. The van der Waals surface area contributed by atoms with E-state index in [-0.39, 0.29) is 23.6 Å². The molecule has 0 fully saturated rings. The molecule has 3 rings (SSSR count). The number of carbonyl (C=O) groups is 1. The minimum atomic E-state index is -0.642. The van der Waals surface area contributed by atoms with Gasteiger partial charge < -0.3 is 13.9 Å². The molecule has 0 unspecified atom stereocenters. The lowest BCUT2D eigenvalue weighted by Crippen LogP contribution is -2.07. The van der Waals surface area contributed by atoms with Crippen LogP contribution >= 0.6 is 0 Å². The maximum absolute atomic E-state index is 11.9. The fourth-order valence-corrected chi connectivity index (χ4v) is 2.78. The summed E-state index contributed by atoms with van der Waals surface area (Å²) < 4.78 is 15.5. The molecule has 144 valence electrons. The minimum absolute atomic E-state index is 0.0990. The minimum Gasteiger partial charge on any atom is -0.482 e. The molecular weight excluding hydrogens is 366 g/mol. The molecule has 0 amide bonds. The quantitative estimate of drug-likeness (QED) is 0.286. The van der Waals surface area contributed by atoms with E-state index in [1.165, 1.54) is 31.4 Å². The van der Waals surface area contributed by atoms with Gasteiger partial charge in [0.2, 0.25) is 0 Å². The second kappa shape index (κ2) is 7.51. The maximum Gasteiger partial charge on any atom is 0.337 e. The van der Waals surface area contributed by atoms with Crippen LogP contribution in [0.4, 0.5) is 5.69 Å². The predicted molar refractivity (Wildman–Crippen MR) is 101 cm³/mol. The monoisotopic (exact) mass is 383 g/mol. The van der Waals surface area contributed by atoms with Crippen molar-refractivity contribution in [3.63, 3.8) is 0 Å². The molecule has 0 aliphatic rings. The highest BCUT2D eigenvalue weighted by Gasteiger charge is 2.19. The van der Waals surface area contributed by atoms with E-state index in [1.807, 2.05) is 19.9 Å². The summed E-state index contributed by atoms with van der Waals surface area (Å²) in [5.74, 6) is -0.741. The normalized spacial score (nSPS) is 10.7. The van der Waals surface area contributed by atoms with Gasteiger partial charge in [0.05, 0.1) is 17.6 Å². The highest BCUT2D eigenvalue weighted by atomic mass is 16.6. The Morgan fingerprint density at radius 1 is 1.14 bits per heavy atom. The Morgan fingerprint density at radius 3 is 2.54 bits per heavy atom. The highest BCUT2D eigenvalue weighted by Crippen LogP contribution is 2.30. The number of hydrogen-bond acceptors (Lipinski definition) is 7. The topological polar surface area (TPSA) is 109 Å². The van der Waals surface area contributed by atoms with E-state index in [9.17, 15) is 19.7 Å². The zero-order chi connectivity index (χ0) is 20.4. The Balaban J connectivity index is 2.02. The molecule has 0 saturated heterocycles. The number of benzene rings is 2. The number of ether oxygens (including phenoxy) is 2. The summed E-state index contributed by atoms with van der Waals surface area (Å²) >= 11 is 0. The second-order valence-corrected chi connectivity index (χ2v) is 6.24.